The highest BCUT2D eigenvalue weighted by Gasteiger charge is 2.25. The molecule has 1 rings (SSSR count). The van der Waals surface area contributed by atoms with Crippen molar-refractivity contribution in [3.8, 4) is 0 Å². The zero-order valence-corrected chi connectivity index (χ0v) is 9.86. The van der Waals surface area contributed by atoms with E-state index in [9.17, 15) is 19.7 Å². The third kappa shape index (κ3) is 3.03. The maximum Gasteiger partial charge on any atom is 0.363 e. The van der Waals surface area contributed by atoms with E-state index in [1.165, 1.54) is 4.90 Å². The lowest BCUT2D eigenvalue weighted by Crippen LogP contribution is -2.23. The van der Waals surface area contributed by atoms with E-state index in [2.05, 4.69) is 5.10 Å². The van der Waals surface area contributed by atoms with Crippen molar-refractivity contribution in [2.24, 2.45) is 0 Å². The Bertz CT molecular complexity index is 462. The van der Waals surface area contributed by atoms with Crippen molar-refractivity contribution in [2.45, 2.75) is 13.0 Å². The molecule has 9 heteroatoms. The van der Waals surface area contributed by atoms with Gasteiger partial charge in [-0.15, -0.1) is 0 Å². The molecule has 1 aromatic rings. The van der Waals surface area contributed by atoms with Crippen molar-refractivity contribution in [1.82, 2.24) is 14.7 Å². The summed E-state index contributed by atoms with van der Waals surface area (Å²) in [5, 5.41) is 22.9. The van der Waals surface area contributed by atoms with Crippen LogP contribution in [0, 0.1) is 10.1 Å². The topological polar surface area (TPSA) is 119 Å². The van der Waals surface area contributed by atoms with Crippen LogP contribution >= 0.6 is 0 Å². The maximum absolute atomic E-state index is 11.3. The number of carbonyl (C=O) groups excluding carboxylic acids is 1. The summed E-state index contributed by atoms with van der Waals surface area (Å²) in [5.41, 5.74) is -1.21. The molecule has 0 fully saturated rings. The number of nitro groups is 1. The van der Waals surface area contributed by atoms with Gasteiger partial charge in [-0.25, -0.2) is 4.79 Å². The summed E-state index contributed by atoms with van der Waals surface area (Å²) in [6.07, 6.45) is 1.09. The van der Waals surface area contributed by atoms with E-state index >= 15 is 0 Å². The summed E-state index contributed by atoms with van der Waals surface area (Å²) in [7, 11) is 3.16. The SMILES string of the molecule is CN(C)C(=O)CCn1cc([N+](=O)[O-])c(C(=O)O)n1. The monoisotopic (exact) mass is 256 g/mol. The standard InChI is InChI=1S/C9H12N4O5/c1-11(2)7(14)3-4-12-5-6(13(17)18)8(10-12)9(15)16/h5H,3-4H2,1-2H3,(H,15,16). The van der Waals surface area contributed by atoms with E-state index in [1.54, 1.807) is 14.1 Å². The summed E-state index contributed by atoms with van der Waals surface area (Å²) in [5.74, 6) is -1.65. The number of carboxylic acid groups (broad SMARTS) is 1. The van der Waals surface area contributed by atoms with Crippen LogP contribution in [0.15, 0.2) is 6.20 Å². The minimum Gasteiger partial charge on any atom is -0.476 e. The Morgan fingerprint density at radius 1 is 1.56 bits per heavy atom. The second-order valence-electron chi connectivity index (χ2n) is 3.73. The normalized spacial score (nSPS) is 10.1. The Morgan fingerprint density at radius 3 is 2.56 bits per heavy atom. The van der Waals surface area contributed by atoms with E-state index in [0.29, 0.717) is 0 Å². The highest BCUT2D eigenvalue weighted by Crippen LogP contribution is 2.16. The van der Waals surface area contributed by atoms with Gasteiger partial charge in [0.05, 0.1) is 4.92 Å². The molecule has 1 aromatic heterocycles. The van der Waals surface area contributed by atoms with Gasteiger partial charge in [0.2, 0.25) is 11.6 Å². The molecule has 0 aliphatic carbocycles. The third-order valence-corrected chi connectivity index (χ3v) is 2.20. The summed E-state index contributed by atoms with van der Waals surface area (Å²) >= 11 is 0. The Labute approximate surface area is 102 Å². The molecular formula is C9H12N4O5. The molecule has 0 aliphatic rings. The van der Waals surface area contributed by atoms with Crippen LogP contribution in [0.25, 0.3) is 0 Å². The smallest absolute Gasteiger partial charge is 0.363 e. The quantitative estimate of drug-likeness (QED) is 0.583. The first-order valence-corrected chi connectivity index (χ1v) is 4.98. The van der Waals surface area contributed by atoms with Crippen molar-refractivity contribution in [3.05, 3.63) is 22.0 Å². The number of aromatic nitrogens is 2. The number of carboxylic acids is 1. The van der Waals surface area contributed by atoms with Crippen LogP contribution in [0.4, 0.5) is 5.69 Å². The summed E-state index contributed by atoms with van der Waals surface area (Å²) in [6.45, 7) is 0.0884. The molecule has 0 atom stereocenters. The van der Waals surface area contributed by atoms with Crippen molar-refractivity contribution in [1.29, 1.82) is 0 Å². The molecule has 0 aromatic carbocycles. The zero-order valence-electron chi connectivity index (χ0n) is 9.86. The van der Waals surface area contributed by atoms with Gasteiger partial charge in [0.1, 0.15) is 6.20 Å². The lowest BCUT2D eigenvalue weighted by molar-refractivity contribution is -0.385. The second-order valence-corrected chi connectivity index (χ2v) is 3.73. The number of nitrogens with zero attached hydrogens (tertiary/aromatic N) is 4. The predicted molar refractivity (Wildman–Crippen MR) is 59.2 cm³/mol. The first-order chi connectivity index (χ1) is 8.32. The molecule has 0 bridgehead atoms. The largest absolute Gasteiger partial charge is 0.476 e. The van der Waals surface area contributed by atoms with Gasteiger partial charge >= 0.3 is 11.7 Å². The van der Waals surface area contributed by atoms with Gasteiger partial charge in [0.15, 0.2) is 0 Å². The number of rotatable bonds is 5. The van der Waals surface area contributed by atoms with Gasteiger partial charge in [-0.3, -0.25) is 19.6 Å². The fraction of sp³-hybridized carbons (Fsp3) is 0.444. The van der Waals surface area contributed by atoms with Crippen LogP contribution in [0.3, 0.4) is 0 Å². The fourth-order valence-electron chi connectivity index (χ4n) is 1.25. The number of hydrogen-bond donors (Lipinski definition) is 1. The van der Waals surface area contributed by atoms with Crippen LogP contribution < -0.4 is 0 Å². The number of aryl methyl sites for hydroxylation is 1. The molecule has 0 radical (unpaired) electrons. The molecule has 0 aliphatic heterocycles. The first kappa shape index (κ1) is 13.6. The second kappa shape index (κ2) is 5.25. The molecule has 0 saturated heterocycles. The summed E-state index contributed by atoms with van der Waals surface area (Å²) in [6, 6.07) is 0. The Balaban J connectivity index is 2.86. The Hall–Kier alpha value is -2.45. The number of amides is 1. The molecule has 0 saturated carbocycles. The molecule has 18 heavy (non-hydrogen) atoms. The van der Waals surface area contributed by atoms with Crippen LogP contribution in [0.5, 0.6) is 0 Å². The lowest BCUT2D eigenvalue weighted by atomic mass is 10.4. The Kier molecular flexibility index (Phi) is 3.97. The zero-order chi connectivity index (χ0) is 13.9. The molecule has 0 spiro atoms. The molecule has 98 valence electrons. The number of hydrogen-bond acceptors (Lipinski definition) is 5. The number of carbonyl (C=O) groups is 2. The van der Waals surface area contributed by atoms with E-state index in [1.807, 2.05) is 0 Å². The molecule has 1 amide bonds. The van der Waals surface area contributed by atoms with Gasteiger partial charge in [-0.05, 0) is 0 Å². The maximum atomic E-state index is 11.3. The highest BCUT2D eigenvalue weighted by molar-refractivity contribution is 5.89. The molecule has 0 unspecified atom stereocenters. The van der Waals surface area contributed by atoms with E-state index < -0.39 is 22.3 Å². The predicted octanol–water partition coefficient (Wildman–Crippen LogP) is -0.0322. The Morgan fingerprint density at radius 2 is 2.17 bits per heavy atom. The van der Waals surface area contributed by atoms with E-state index in [-0.39, 0.29) is 18.9 Å². The van der Waals surface area contributed by atoms with Crippen molar-refractivity contribution in [3.63, 3.8) is 0 Å². The van der Waals surface area contributed by atoms with Gasteiger partial charge in [0, 0.05) is 27.1 Å². The van der Waals surface area contributed by atoms with Crippen molar-refractivity contribution in [2.75, 3.05) is 14.1 Å². The van der Waals surface area contributed by atoms with Crippen molar-refractivity contribution < 1.29 is 19.6 Å². The van der Waals surface area contributed by atoms with E-state index in [4.69, 9.17) is 5.11 Å². The lowest BCUT2D eigenvalue weighted by Gasteiger charge is -2.09. The van der Waals surface area contributed by atoms with Crippen LogP contribution in [0.2, 0.25) is 0 Å². The van der Waals surface area contributed by atoms with Gasteiger partial charge in [-0.2, -0.15) is 5.10 Å². The minimum atomic E-state index is -1.47. The van der Waals surface area contributed by atoms with E-state index in [0.717, 1.165) is 10.9 Å². The molecular weight excluding hydrogens is 244 g/mol. The highest BCUT2D eigenvalue weighted by atomic mass is 16.6. The summed E-state index contributed by atoms with van der Waals surface area (Å²) in [4.78, 5) is 33.2. The van der Waals surface area contributed by atoms with Crippen molar-refractivity contribution >= 4 is 17.6 Å². The average Bonchev–Trinajstić information content (AvgIpc) is 2.69. The fourth-order valence-corrected chi connectivity index (χ4v) is 1.25. The van der Waals surface area contributed by atoms with Gasteiger partial charge < -0.3 is 10.0 Å². The van der Waals surface area contributed by atoms with Crippen LogP contribution in [-0.4, -0.2) is 50.7 Å². The minimum absolute atomic E-state index is 0.0882. The van der Waals surface area contributed by atoms with Gasteiger partial charge in [0.25, 0.3) is 0 Å². The summed E-state index contributed by atoms with van der Waals surface area (Å²) < 4.78 is 1.09. The van der Waals surface area contributed by atoms with Crippen LogP contribution in [-0.2, 0) is 11.3 Å². The number of aromatic carboxylic acids is 1. The third-order valence-electron chi connectivity index (χ3n) is 2.20. The molecule has 9 nitrogen and oxygen atoms in total. The first-order valence-electron chi connectivity index (χ1n) is 4.98. The molecule has 1 N–H and O–H groups in total. The molecule has 1 heterocycles. The van der Waals surface area contributed by atoms with Crippen LogP contribution in [0.1, 0.15) is 16.9 Å². The van der Waals surface area contributed by atoms with Gasteiger partial charge in [-0.1, -0.05) is 0 Å². The average molecular weight is 256 g/mol.